The van der Waals surface area contributed by atoms with Crippen molar-refractivity contribution in [3.8, 4) is 5.69 Å². The zero-order chi connectivity index (χ0) is 21.3. The lowest BCUT2D eigenvalue weighted by Gasteiger charge is -2.10. The molecule has 4 rings (SSSR count). The van der Waals surface area contributed by atoms with Crippen LogP contribution in [0.4, 0.5) is 11.4 Å². The fraction of sp³-hybridized carbons (Fsp3) is 0.158. The second-order valence-electron chi connectivity index (χ2n) is 6.81. The molecule has 0 aliphatic heterocycles. The van der Waals surface area contributed by atoms with Gasteiger partial charge in [-0.05, 0) is 43.2 Å². The van der Waals surface area contributed by atoms with Crippen LogP contribution in [0.15, 0.2) is 66.1 Å². The minimum Gasteiger partial charge on any atom is -0.322 e. The summed E-state index contributed by atoms with van der Waals surface area (Å²) in [6, 6.07) is 9.87. The Morgan fingerprint density at radius 1 is 1.20 bits per heavy atom. The molecule has 1 aliphatic carbocycles. The molecule has 1 aromatic heterocycles. The number of hydrogen-bond acceptors (Lipinski definition) is 6. The molecule has 11 heteroatoms. The van der Waals surface area contributed by atoms with Gasteiger partial charge in [0.25, 0.3) is 11.6 Å². The van der Waals surface area contributed by atoms with Crippen LogP contribution in [0.1, 0.15) is 23.2 Å². The first kappa shape index (κ1) is 19.7. The molecule has 0 saturated heterocycles. The predicted octanol–water partition coefficient (Wildman–Crippen LogP) is 2.47. The van der Waals surface area contributed by atoms with Crippen LogP contribution in [0.25, 0.3) is 5.69 Å². The summed E-state index contributed by atoms with van der Waals surface area (Å²) in [5, 5.41) is 14.1. The zero-order valence-corrected chi connectivity index (χ0v) is 16.4. The van der Waals surface area contributed by atoms with Crippen molar-refractivity contribution in [2.24, 2.45) is 0 Å². The van der Waals surface area contributed by atoms with Crippen molar-refractivity contribution in [3.63, 3.8) is 0 Å². The summed E-state index contributed by atoms with van der Waals surface area (Å²) >= 11 is 0. The number of benzene rings is 2. The van der Waals surface area contributed by atoms with E-state index in [2.05, 4.69) is 15.0 Å². The van der Waals surface area contributed by atoms with Crippen LogP contribution in [0.3, 0.4) is 0 Å². The van der Waals surface area contributed by atoms with Crippen molar-refractivity contribution in [3.05, 3.63) is 76.9 Å². The highest BCUT2D eigenvalue weighted by Gasteiger charge is 2.28. The largest absolute Gasteiger partial charge is 0.322 e. The molecule has 0 atom stereocenters. The van der Waals surface area contributed by atoms with Crippen LogP contribution >= 0.6 is 0 Å². The van der Waals surface area contributed by atoms with Crippen LogP contribution in [-0.2, 0) is 10.0 Å². The summed E-state index contributed by atoms with van der Waals surface area (Å²) in [5.74, 6) is -0.597. The molecule has 0 unspecified atom stereocenters. The van der Waals surface area contributed by atoms with Crippen molar-refractivity contribution in [1.29, 1.82) is 0 Å². The first-order chi connectivity index (χ1) is 14.3. The molecule has 1 heterocycles. The number of carbonyl (C=O) groups excluding carboxylic acids is 1. The van der Waals surface area contributed by atoms with Gasteiger partial charge in [-0.15, -0.1) is 0 Å². The van der Waals surface area contributed by atoms with Gasteiger partial charge in [0.05, 0.1) is 16.1 Å². The average Bonchev–Trinajstić information content (AvgIpc) is 3.35. The molecule has 0 spiro atoms. The van der Waals surface area contributed by atoms with E-state index >= 15 is 0 Å². The third-order valence-corrected chi connectivity index (χ3v) is 6.04. The van der Waals surface area contributed by atoms with Gasteiger partial charge < -0.3 is 9.88 Å². The lowest BCUT2D eigenvalue weighted by atomic mass is 10.1. The van der Waals surface area contributed by atoms with E-state index in [1.54, 1.807) is 12.3 Å². The second-order valence-corrected chi connectivity index (χ2v) is 8.52. The Morgan fingerprint density at radius 3 is 2.67 bits per heavy atom. The van der Waals surface area contributed by atoms with Gasteiger partial charge in [0.2, 0.25) is 10.0 Å². The minimum atomic E-state index is -3.67. The number of nitro benzene ring substituents is 1. The van der Waals surface area contributed by atoms with Gasteiger partial charge in [-0.2, -0.15) is 0 Å². The SMILES string of the molecule is O=C(Nc1cccc(S(=O)(=O)NC2CC2)c1)c1ccc(-n2ccnc2)c([N+](=O)[O-])c1. The molecular formula is C19H17N5O5S. The van der Waals surface area contributed by atoms with Gasteiger partial charge in [-0.1, -0.05) is 6.07 Å². The second kappa shape index (κ2) is 7.69. The van der Waals surface area contributed by atoms with Gasteiger partial charge in [0.15, 0.2) is 0 Å². The fourth-order valence-electron chi connectivity index (χ4n) is 2.86. The molecular weight excluding hydrogens is 410 g/mol. The number of hydrogen-bond donors (Lipinski definition) is 2. The van der Waals surface area contributed by atoms with Gasteiger partial charge in [0.1, 0.15) is 5.69 Å². The molecule has 2 N–H and O–H groups in total. The van der Waals surface area contributed by atoms with Crippen molar-refractivity contribution in [2.45, 2.75) is 23.8 Å². The molecule has 154 valence electrons. The lowest BCUT2D eigenvalue weighted by Crippen LogP contribution is -2.25. The van der Waals surface area contributed by atoms with E-state index in [-0.39, 0.29) is 33.6 Å². The van der Waals surface area contributed by atoms with Crippen molar-refractivity contribution in [2.75, 3.05) is 5.32 Å². The summed E-state index contributed by atoms with van der Waals surface area (Å²) in [4.78, 5) is 27.4. The summed E-state index contributed by atoms with van der Waals surface area (Å²) in [6.45, 7) is 0. The van der Waals surface area contributed by atoms with Gasteiger partial charge >= 0.3 is 0 Å². The standard InChI is InChI=1S/C19H17N5O5S/c25-19(13-4-7-17(18(10-13)24(26)27)23-9-8-20-12-23)21-15-2-1-3-16(11-15)30(28,29)22-14-5-6-14/h1-4,7-12,14,22H,5-6H2,(H,21,25). The van der Waals surface area contributed by atoms with E-state index in [0.717, 1.165) is 12.8 Å². The molecule has 1 aliphatic rings. The number of sulfonamides is 1. The monoisotopic (exact) mass is 427 g/mol. The Kier molecular flexibility index (Phi) is 5.06. The van der Waals surface area contributed by atoms with Crippen LogP contribution in [0.2, 0.25) is 0 Å². The lowest BCUT2D eigenvalue weighted by molar-refractivity contribution is -0.384. The van der Waals surface area contributed by atoms with Gasteiger partial charge in [-0.3, -0.25) is 14.9 Å². The molecule has 0 bridgehead atoms. The van der Waals surface area contributed by atoms with Crippen molar-refractivity contribution >= 4 is 27.3 Å². The van der Waals surface area contributed by atoms with E-state index in [0.29, 0.717) is 0 Å². The topological polar surface area (TPSA) is 136 Å². The fourth-order valence-corrected chi connectivity index (χ4v) is 4.21. The molecule has 30 heavy (non-hydrogen) atoms. The number of nitrogens with one attached hydrogen (secondary N) is 2. The van der Waals surface area contributed by atoms with E-state index in [1.165, 1.54) is 53.5 Å². The summed E-state index contributed by atoms with van der Waals surface area (Å²) in [7, 11) is -3.67. The third-order valence-electron chi connectivity index (χ3n) is 4.52. The molecule has 1 saturated carbocycles. The number of anilines is 1. The van der Waals surface area contributed by atoms with Crippen molar-refractivity contribution < 1.29 is 18.1 Å². The van der Waals surface area contributed by atoms with Crippen LogP contribution in [0.5, 0.6) is 0 Å². The quantitative estimate of drug-likeness (QED) is 0.439. The smallest absolute Gasteiger partial charge is 0.294 e. The Morgan fingerprint density at radius 2 is 2.00 bits per heavy atom. The molecule has 1 fully saturated rings. The summed E-state index contributed by atoms with van der Waals surface area (Å²) < 4.78 is 28.8. The van der Waals surface area contributed by atoms with Crippen molar-refractivity contribution in [1.82, 2.24) is 14.3 Å². The number of rotatable bonds is 7. The number of amides is 1. The maximum atomic E-state index is 12.6. The maximum absolute atomic E-state index is 12.6. The highest BCUT2D eigenvalue weighted by atomic mass is 32.2. The van der Waals surface area contributed by atoms with E-state index in [1.807, 2.05) is 0 Å². The first-order valence-corrected chi connectivity index (χ1v) is 10.5. The van der Waals surface area contributed by atoms with E-state index < -0.39 is 20.9 Å². The number of carbonyl (C=O) groups is 1. The number of nitrogens with zero attached hydrogens (tertiary/aromatic N) is 3. The number of imidazole rings is 1. The Balaban J connectivity index is 1.58. The van der Waals surface area contributed by atoms with Crippen LogP contribution in [-0.4, -0.2) is 34.8 Å². The maximum Gasteiger partial charge on any atom is 0.294 e. The minimum absolute atomic E-state index is 0.0358. The van der Waals surface area contributed by atoms with Gasteiger partial charge in [0, 0.05) is 35.8 Å². The third kappa shape index (κ3) is 4.21. The zero-order valence-electron chi connectivity index (χ0n) is 15.6. The van der Waals surface area contributed by atoms with E-state index in [9.17, 15) is 23.3 Å². The Labute approximate surface area is 171 Å². The van der Waals surface area contributed by atoms with E-state index in [4.69, 9.17) is 0 Å². The summed E-state index contributed by atoms with van der Waals surface area (Å²) in [5.41, 5.74) is 0.342. The summed E-state index contributed by atoms with van der Waals surface area (Å²) in [6.07, 6.45) is 6.09. The molecule has 1 amide bonds. The molecule has 2 aromatic carbocycles. The first-order valence-electron chi connectivity index (χ1n) is 9.04. The molecule has 10 nitrogen and oxygen atoms in total. The average molecular weight is 427 g/mol. The number of nitro groups is 1. The Hall–Kier alpha value is -3.57. The van der Waals surface area contributed by atoms with Crippen LogP contribution < -0.4 is 10.0 Å². The number of aromatic nitrogens is 2. The Bertz CT molecular complexity index is 1220. The molecule has 3 aromatic rings. The normalized spacial score (nSPS) is 13.7. The highest BCUT2D eigenvalue weighted by molar-refractivity contribution is 7.89. The van der Waals surface area contributed by atoms with Gasteiger partial charge in [-0.25, -0.2) is 18.1 Å². The highest BCUT2D eigenvalue weighted by Crippen LogP contribution is 2.26. The molecule has 0 radical (unpaired) electrons. The predicted molar refractivity (Wildman–Crippen MR) is 108 cm³/mol. The van der Waals surface area contributed by atoms with Crippen LogP contribution in [0, 0.1) is 10.1 Å².